The van der Waals surface area contributed by atoms with E-state index >= 15 is 0 Å². The van der Waals surface area contributed by atoms with Crippen LogP contribution < -0.4 is 0 Å². The van der Waals surface area contributed by atoms with Gasteiger partial charge in [-0.2, -0.15) is 0 Å². The Hall–Kier alpha value is -0.606. The van der Waals surface area contributed by atoms with Crippen LogP contribution in [0.25, 0.3) is 0 Å². The molecule has 0 saturated carbocycles. The van der Waals surface area contributed by atoms with E-state index in [0.717, 1.165) is 0 Å². The molecule has 0 spiro atoms. The number of ketones is 4. The van der Waals surface area contributed by atoms with Crippen LogP contribution in [0.4, 0.5) is 0 Å². The second kappa shape index (κ2) is 11.5. The molecule has 84 valence electrons. The molecule has 5 heteroatoms. The van der Waals surface area contributed by atoms with Crippen molar-refractivity contribution in [3.63, 3.8) is 0 Å². The molecule has 0 rings (SSSR count). The summed E-state index contributed by atoms with van der Waals surface area (Å²) < 4.78 is 0. The summed E-state index contributed by atoms with van der Waals surface area (Å²) in [5, 5.41) is 0. The molecule has 0 radical (unpaired) electrons. The number of hydrogen-bond donors (Lipinski definition) is 0. The summed E-state index contributed by atoms with van der Waals surface area (Å²) in [5.41, 5.74) is 0. The zero-order chi connectivity index (χ0) is 11.7. The SMILES string of the molecule is CC(=O)CC(C)=O.CC(=O)CC(C)=O.[Ti]. The van der Waals surface area contributed by atoms with E-state index in [1.54, 1.807) is 0 Å². The topological polar surface area (TPSA) is 68.3 Å². The van der Waals surface area contributed by atoms with Crippen molar-refractivity contribution in [1.82, 2.24) is 0 Å². The van der Waals surface area contributed by atoms with Crippen LogP contribution in [-0.4, -0.2) is 23.1 Å². The van der Waals surface area contributed by atoms with Crippen molar-refractivity contribution in [1.29, 1.82) is 0 Å². The summed E-state index contributed by atoms with van der Waals surface area (Å²) in [5.74, 6) is -0.250. The largest absolute Gasteiger partial charge is 0.300 e. The fraction of sp³-hybridized carbons (Fsp3) is 0.600. The van der Waals surface area contributed by atoms with Gasteiger partial charge in [0.15, 0.2) is 0 Å². The number of carbonyl (C=O) groups is 4. The summed E-state index contributed by atoms with van der Waals surface area (Å²) in [4.78, 5) is 40.1. The van der Waals surface area contributed by atoms with E-state index in [0.29, 0.717) is 0 Å². The minimum absolute atomic E-state index is 0. The third kappa shape index (κ3) is 31.8. The molecule has 0 aliphatic carbocycles. The zero-order valence-corrected chi connectivity index (χ0v) is 11.1. The van der Waals surface area contributed by atoms with E-state index in [-0.39, 0.29) is 57.7 Å². The van der Waals surface area contributed by atoms with E-state index in [9.17, 15) is 19.2 Å². The summed E-state index contributed by atoms with van der Waals surface area (Å²) in [7, 11) is 0. The maximum atomic E-state index is 10.0. The molecular formula is C10H16O4Ti. The predicted octanol–water partition coefficient (Wildman–Crippen LogP) is 1.11. The molecule has 4 nitrogen and oxygen atoms in total. The van der Waals surface area contributed by atoms with E-state index in [1.165, 1.54) is 27.7 Å². The Morgan fingerprint density at radius 2 is 0.733 bits per heavy atom. The minimum atomic E-state index is -0.0625. The van der Waals surface area contributed by atoms with Gasteiger partial charge in [0.05, 0.1) is 12.8 Å². The number of rotatable bonds is 4. The van der Waals surface area contributed by atoms with Crippen molar-refractivity contribution >= 4 is 23.1 Å². The molecule has 0 aliphatic heterocycles. The van der Waals surface area contributed by atoms with E-state index in [4.69, 9.17) is 0 Å². The first kappa shape index (κ1) is 19.9. The van der Waals surface area contributed by atoms with Gasteiger partial charge in [0.1, 0.15) is 23.1 Å². The summed E-state index contributed by atoms with van der Waals surface area (Å²) in [6, 6.07) is 0. The van der Waals surface area contributed by atoms with Gasteiger partial charge in [0.25, 0.3) is 0 Å². The van der Waals surface area contributed by atoms with Crippen LogP contribution >= 0.6 is 0 Å². The molecule has 0 fully saturated rings. The van der Waals surface area contributed by atoms with Crippen LogP contribution in [0.2, 0.25) is 0 Å². The Balaban J connectivity index is -0.000000180. The molecule has 0 heterocycles. The molecule has 15 heavy (non-hydrogen) atoms. The van der Waals surface area contributed by atoms with Crippen molar-refractivity contribution < 1.29 is 40.9 Å². The molecule has 0 aliphatic rings. The van der Waals surface area contributed by atoms with Gasteiger partial charge in [0.2, 0.25) is 0 Å². The first-order chi connectivity index (χ1) is 6.25. The summed E-state index contributed by atoms with van der Waals surface area (Å²) in [6.07, 6.45) is 0.167. The summed E-state index contributed by atoms with van der Waals surface area (Å²) >= 11 is 0. The van der Waals surface area contributed by atoms with Crippen molar-refractivity contribution in [2.45, 2.75) is 40.5 Å². The van der Waals surface area contributed by atoms with Crippen LogP contribution in [0.5, 0.6) is 0 Å². The Morgan fingerprint density at radius 3 is 0.733 bits per heavy atom. The van der Waals surface area contributed by atoms with Crippen LogP contribution in [0.3, 0.4) is 0 Å². The Morgan fingerprint density at radius 1 is 0.600 bits per heavy atom. The second-order valence-corrected chi connectivity index (χ2v) is 3.16. The van der Waals surface area contributed by atoms with Gasteiger partial charge in [0, 0.05) is 21.7 Å². The maximum absolute atomic E-state index is 10.0. The van der Waals surface area contributed by atoms with E-state index in [2.05, 4.69) is 0 Å². The minimum Gasteiger partial charge on any atom is -0.300 e. The van der Waals surface area contributed by atoms with E-state index < -0.39 is 0 Å². The molecule has 0 amide bonds. The fourth-order valence-corrected chi connectivity index (χ4v) is 0.701. The Bertz CT molecular complexity index is 196. The van der Waals surface area contributed by atoms with Crippen LogP contribution in [0, 0.1) is 0 Å². The molecule has 0 aromatic carbocycles. The molecule has 0 bridgehead atoms. The number of Topliss-reactive ketones (excluding diaryl/α,β-unsaturated/α-hetero) is 4. The van der Waals surface area contributed by atoms with Gasteiger partial charge in [-0.1, -0.05) is 0 Å². The molecule has 0 saturated heterocycles. The quantitative estimate of drug-likeness (QED) is 0.552. The van der Waals surface area contributed by atoms with Crippen LogP contribution in [0.15, 0.2) is 0 Å². The third-order valence-electron chi connectivity index (χ3n) is 0.996. The molecule has 0 aromatic rings. The first-order valence-corrected chi connectivity index (χ1v) is 4.23. The van der Waals surface area contributed by atoms with E-state index in [1.807, 2.05) is 0 Å². The summed E-state index contributed by atoms with van der Waals surface area (Å²) in [6.45, 7) is 5.62. The molecule has 0 unspecified atom stereocenters. The third-order valence-corrected chi connectivity index (χ3v) is 0.996. The normalized spacial score (nSPS) is 7.73. The Labute approximate surface area is 105 Å². The zero-order valence-electron chi connectivity index (χ0n) is 9.55. The molecule has 0 atom stereocenters. The van der Waals surface area contributed by atoms with Crippen molar-refractivity contribution in [3.05, 3.63) is 0 Å². The van der Waals surface area contributed by atoms with Gasteiger partial charge in [-0.15, -0.1) is 0 Å². The fourth-order valence-electron chi connectivity index (χ4n) is 0.701. The standard InChI is InChI=1S/2C5H8O2.Ti/c2*1-4(6)3-5(2)7;/h2*3H2,1-2H3;. The Kier molecular flexibility index (Phi) is 15.2. The van der Waals surface area contributed by atoms with Crippen LogP contribution in [0.1, 0.15) is 40.5 Å². The first-order valence-electron chi connectivity index (χ1n) is 4.23. The van der Waals surface area contributed by atoms with Crippen LogP contribution in [-0.2, 0) is 40.9 Å². The van der Waals surface area contributed by atoms with Crippen molar-refractivity contribution in [2.24, 2.45) is 0 Å². The average Bonchev–Trinajstić information content (AvgIpc) is 1.79. The smallest absolute Gasteiger partial charge is 0.137 e. The van der Waals surface area contributed by atoms with Gasteiger partial charge in [-0.3, -0.25) is 19.2 Å². The van der Waals surface area contributed by atoms with Gasteiger partial charge >= 0.3 is 0 Å². The molecular weight excluding hydrogens is 232 g/mol. The average molecular weight is 248 g/mol. The number of hydrogen-bond acceptors (Lipinski definition) is 4. The number of carbonyl (C=O) groups excluding carboxylic acids is 4. The van der Waals surface area contributed by atoms with Crippen molar-refractivity contribution in [2.75, 3.05) is 0 Å². The molecule has 0 aromatic heterocycles. The monoisotopic (exact) mass is 248 g/mol. The predicted molar refractivity (Wildman–Crippen MR) is 52.0 cm³/mol. The van der Waals surface area contributed by atoms with Gasteiger partial charge in [-0.05, 0) is 27.7 Å². The van der Waals surface area contributed by atoms with Crippen molar-refractivity contribution in [3.8, 4) is 0 Å². The maximum Gasteiger partial charge on any atom is 0.137 e. The van der Waals surface area contributed by atoms with Gasteiger partial charge < -0.3 is 0 Å². The molecule has 0 N–H and O–H groups in total. The van der Waals surface area contributed by atoms with Gasteiger partial charge in [-0.25, -0.2) is 0 Å². The second-order valence-electron chi connectivity index (χ2n) is 3.16.